The summed E-state index contributed by atoms with van der Waals surface area (Å²) in [5.41, 5.74) is 0.954. The van der Waals surface area contributed by atoms with Gasteiger partial charge in [-0.15, -0.1) is 0 Å². The van der Waals surface area contributed by atoms with Crippen LogP contribution in [0.1, 0.15) is 46.9 Å². The normalized spacial score (nSPS) is 11.5. The zero-order valence-electron chi connectivity index (χ0n) is 15.2. The van der Waals surface area contributed by atoms with Gasteiger partial charge in [0.15, 0.2) is 0 Å². The first-order valence-corrected chi connectivity index (χ1v) is 9.62. The molecule has 0 spiro atoms. The van der Waals surface area contributed by atoms with Gasteiger partial charge in [-0.25, -0.2) is 9.97 Å². The number of rotatable bonds is 7. The predicted octanol–water partition coefficient (Wildman–Crippen LogP) is 4.32. The molecular formula is C19H27N3OS. The van der Waals surface area contributed by atoms with E-state index in [4.69, 9.17) is 4.98 Å². The van der Waals surface area contributed by atoms with E-state index in [1.807, 2.05) is 29.2 Å². The van der Waals surface area contributed by atoms with Crippen LogP contribution in [-0.4, -0.2) is 38.6 Å². The first-order chi connectivity index (χ1) is 11.4. The van der Waals surface area contributed by atoms with Gasteiger partial charge in [0.05, 0.1) is 11.3 Å². The number of aryl methyl sites for hydroxylation is 1. The highest BCUT2D eigenvalue weighted by atomic mass is 32.2. The van der Waals surface area contributed by atoms with Crippen molar-refractivity contribution in [1.29, 1.82) is 0 Å². The zero-order chi connectivity index (χ0) is 17.7. The van der Waals surface area contributed by atoms with Crippen molar-refractivity contribution in [2.24, 2.45) is 0 Å². The van der Waals surface area contributed by atoms with E-state index in [0.29, 0.717) is 5.75 Å². The fourth-order valence-electron chi connectivity index (χ4n) is 2.92. The number of hydrogen-bond acceptors (Lipinski definition) is 4. The molecule has 0 atom stereocenters. The Morgan fingerprint density at radius 1 is 1.12 bits per heavy atom. The number of nitrogens with zero attached hydrogens (tertiary/aromatic N) is 3. The van der Waals surface area contributed by atoms with Gasteiger partial charge in [0.2, 0.25) is 5.91 Å². The molecule has 0 unspecified atom stereocenters. The van der Waals surface area contributed by atoms with Gasteiger partial charge in [0.1, 0.15) is 10.9 Å². The van der Waals surface area contributed by atoms with E-state index >= 15 is 0 Å². The Morgan fingerprint density at radius 3 is 2.42 bits per heavy atom. The number of carbonyl (C=O) groups is 1. The van der Waals surface area contributed by atoms with E-state index in [0.717, 1.165) is 34.6 Å². The summed E-state index contributed by atoms with van der Waals surface area (Å²) in [4.78, 5) is 23.9. The van der Waals surface area contributed by atoms with E-state index in [1.165, 1.54) is 11.8 Å². The Morgan fingerprint density at radius 2 is 1.79 bits per heavy atom. The lowest BCUT2D eigenvalue weighted by atomic mass is 10.2. The topological polar surface area (TPSA) is 46.1 Å². The molecule has 0 aliphatic heterocycles. The molecule has 2 rings (SSSR count). The van der Waals surface area contributed by atoms with Crippen LogP contribution in [0.25, 0.3) is 10.9 Å². The number of carbonyl (C=O) groups excluding carboxylic acids is 1. The lowest BCUT2D eigenvalue weighted by molar-refractivity contribution is -0.131. The molecule has 0 N–H and O–H groups in total. The van der Waals surface area contributed by atoms with Crippen LogP contribution < -0.4 is 0 Å². The maximum atomic E-state index is 12.6. The van der Waals surface area contributed by atoms with Crippen molar-refractivity contribution < 1.29 is 4.79 Å². The number of hydrogen-bond donors (Lipinski definition) is 0. The van der Waals surface area contributed by atoms with Gasteiger partial charge in [0.25, 0.3) is 0 Å². The lowest BCUT2D eigenvalue weighted by Crippen LogP contribution is -2.43. The van der Waals surface area contributed by atoms with Crippen molar-refractivity contribution in [3.8, 4) is 0 Å². The monoisotopic (exact) mass is 345 g/mol. The second-order valence-electron chi connectivity index (χ2n) is 6.49. The smallest absolute Gasteiger partial charge is 0.233 e. The standard InChI is InChI=1S/C19H27N3OS/c1-6-9-17-20-16-11-8-7-10-15(16)19(21-17)24-12-18(23)22(13(2)3)14(4)5/h7-8,10-11,13-14H,6,9,12H2,1-5H3. The van der Waals surface area contributed by atoms with E-state index in [9.17, 15) is 4.79 Å². The number of para-hydroxylation sites is 1. The van der Waals surface area contributed by atoms with Crippen molar-refractivity contribution >= 4 is 28.6 Å². The van der Waals surface area contributed by atoms with Gasteiger partial charge in [-0.1, -0.05) is 36.9 Å². The van der Waals surface area contributed by atoms with Gasteiger partial charge in [0, 0.05) is 23.9 Å². The van der Waals surface area contributed by atoms with E-state index in [2.05, 4.69) is 39.6 Å². The number of fused-ring (bicyclic) bond motifs is 1. The highest BCUT2D eigenvalue weighted by Gasteiger charge is 2.20. The summed E-state index contributed by atoms with van der Waals surface area (Å²) < 4.78 is 0. The molecule has 0 saturated heterocycles. The molecule has 0 saturated carbocycles. The first kappa shape index (κ1) is 18.7. The fraction of sp³-hybridized carbons (Fsp3) is 0.526. The van der Waals surface area contributed by atoms with E-state index in [1.54, 1.807) is 0 Å². The highest BCUT2D eigenvalue weighted by Crippen LogP contribution is 2.26. The SMILES string of the molecule is CCCc1nc(SCC(=O)N(C(C)C)C(C)C)c2ccccc2n1. The summed E-state index contributed by atoms with van der Waals surface area (Å²) in [5, 5.41) is 1.93. The Hall–Kier alpha value is -1.62. The maximum absolute atomic E-state index is 12.6. The molecule has 0 aliphatic carbocycles. The van der Waals surface area contributed by atoms with Crippen LogP contribution in [0.4, 0.5) is 0 Å². The van der Waals surface area contributed by atoms with Crippen LogP contribution in [0.5, 0.6) is 0 Å². The van der Waals surface area contributed by atoms with Gasteiger partial charge in [-0.3, -0.25) is 4.79 Å². The molecular weight excluding hydrogens is 318 g/mol. The van der Waals surface area contributed by atoms with Crippen molar-refractivity contribution in [2.75, 3.05) is 5.75 Å². The molecule has 0 aliphatic rings. The summed E-state index contributed by atoms with van der Waals surface area (Å²) in [7, 11) is 0. The number of amides is 1. The summed E-state index contributed by atoms with van der Waals surface area (Å²) in [6, 6.07) is 8.43. The molecule has 1 heterocycles. The van der Waals surface area contributed by atoms with Gasteiger partial charge < -0.3 is 4.90 Å². The van der Waals surface area contributed by atoms with Crippen molar-refractivity contribution in [3.05, 3.63) is 30.1 Å². The first-order valence-electron chi connectivity index (χ1n) is 8.63. The molecule has 2 aromatic rings. The van der Waals surface area contributed by atoms with Gasteiger partial charge >= 0.3 is 0 Å². The third-order valence-corrected chi connectivity index (χ3v) is 4.80. The Balaban J connectivity index is 2.24. The zero-order valence-corrected chi connectivity index (χ0v) is 16.1. The number of thioether (sulfide) groups is 1. The van der Waals surface area contributed by atoms with Crippen LogP contribution in [0, 0.1) is 0 Å². The Labute approximate surface area is 149 Å². The summed E-state index contributed by atoms with van der Waals surface area (Å²) in [5.74, 6) is 1.42. The minimum atomic E-state index is 0.157. The third kappa shape index (κ3) is 4.47. The van der Waals surface area contributed by atoms with E-state index in [-0.39, 0.29) is 18.0 Å². The van der Waals surface area contributed by atoms with Crippen molar-refractivity contribution in [1.82, 2.24) is 14.9 Å². The lowest BCUT2D eigenvalue weighted by Gasteiger charge is -2.30. The van der Waals surface area contributed by atoms with Gasteiger partial charge in [-0.05, 0) is 40.2 Å². The number of aromatic nitrogens is 2. The predicted molar refractivity (Wildman–Crippen MR) is 101 cm³/mol. The molecule has 1 amide bonds. The minimum Gasteiger partial charge on any atom is -0.337 e. The average Bonchev–Trinajstić information content (AvgIpc) is 2.52. The molecule has 0 fully saturated rings. The summed E-state index contributed by atoms with van der Waals surface area (Å²) in [6.45, 7) is 10.4. The maximum Gasteiger partial charge on any atom is 0.233 e. The summed E-state index contributed by atoms with van der Waals surface area (Å²) in [6.07, 6.45) is 1.87. The quantitative estimate of drug-likeness (QED) is 0.554. The van der Waals surface area contributed by atoms with E-state index < -0.39 is 0 Å². The van der Waals surface area contributed by atoms with Crippen LogP contribution in [-0.2, 0) is 11.2 Å². The van der Waals surface area contributed by atoms with Crippen LogP contribution in [0.15, 0.2) is 29.3 Å². The Bertz CT molecular complexity index is 692. The van der Waals surface area contributed by atoms with Crippen LogP contribution >= 0.6 is 11.8 Å². The minimum absolute atomic E-state index is 0.157. The van der Waals surface area contributed by atoms with Crippen molar-refractivity contribution in [3.63, 3.8) is 0 Å². The Kier molecular flexibility index (Phi) is 6.60. The molecule has 1 aromatic heterocycles. The largest absolute Gasteiger partial charge is 0.337 e. The third-order valence-electron chi connectivity index (χ3n) is 3.82. The second kappa shape index (κ2) is 8.47. The second-order valence-corrected chi connectivity index (χ2v) is 7.45. The molecule has 5 heteroatoms. The average molecular weight is 346 g/mol. The summed E-state index contributed by atoms with van der Waals surface area (Å²) >= 11 is 1.52. The molecule has 1 aromatic carbocycles. The molecule has 4 nitrogen and oxygen atoms in total. The van der Waals surface area contributed by atoms with Crippen LogP contribution in [0.3, 0.4) is 0 Å². The van der Waals surface area contributed by atoms with Crippen molar-refractivity contribution in [2.45, 2.75) is 64.6 Å². The molecule has 130 valence electrons. The number of benzene rings is 1. The molecule has 24 heavy (non-hydrogen) atoms. The van der Waals surface area contributed by atoms with Gasteiger partial charge in [-0.2, -0.15) is 0 Å². The van der Waals surface area contributed by atoms with Crippen LogP contribution in [0.2, 0.25) is 0 Å². The fourth-order valence-corrected chi connectivity index (χ4v) is 3.82. The highest BCUT2D eigenvalue weighted by molar-refractivity contribution is 8.00. The molecule has 0 radical (unpaired) electrons. The molecule has 0 bridgehead atoms.